The summed E-state index contributed by atoms with van der Waals surface area (Å²) >= 11 is 0. The SMILES string of the molecule is C[C@H]1COc2c([S@](=O)(=NC(c3ccccc3)(c3ccccc3)c3ccccc3)NC(=O)Nc3c4c(cc5c3C[C@H](F)C5)CCC4)cnn2C1. The van der Waals surface area contributed by atoms with E-state index in [9.17, 15) is 9.18 Å². The van der Waals surface area contributed by atoms with E-state index >= 15 is 4.21 Å². The van der Waals surface area contributed by atoms with Crippen LogP contribution in [0.15, 0.2) is 113 Å². The summed E-state index contributed by atoms with van der Waals surface area (Å²) in [5, 5.41) is 7.60. The van der Waals surface area contributed by atoms with Gasteiger partial charge in [-0.1, -0.05) is 104 Å². The van der Waals surface area contributed by atoms with Crippen LogP contribution in [0.5, 0.6) is 5.88 Å². The van der Waals surface area contributed by atoms with E-state index in [1.165, 1.54) is 6.20 Å². The molecule has 2 aliphatic carbocycles. The van der Waals surface area contributed by atoms with Crippen LogP contribution >= 0.6 is 0 Å². The number of rotatable bonds is 7. The number of hydrogen-bond donors (Lipinski definition) is 2. The van der Waals surface area contributed by atoms with Crippen molar-refractivity contribution in [2.75, 3.05) is 11.9 Å². The van der Waals surface area contributed by atoms with Gasteiger partial charge in [-0.2, -0.15) is 9.46 Å². The monoisotopic (exact) mass is 675 g/mol. The van der Waals surface area contributed by atoms with Gasteiger partial charge in [-0.25, -0.2) is 22.8 Å². The highest BCUT2D eigenvalue weighted by atomic mass is 32.2. The fourth-order valence-electron chi connectivity index (χ4n) is 7.62. The number of benzene rings is 4. The average molecular weight is 676 g/mol. The molecule has 1 aliphatic heterocycles. The summed E-state index contributed by atoms with van der Waals surface area (Å²) in [6.07, 6.45) is 3.70. The lowest BCUT2D eigenvalue weighted by Gasteiger charge is -2.33. The molecule has 2 amide bonds. The molecule has 0 spiro atoms. The van der Waals surface area contributed by atoms with Crippen LogP contribution in [-0.4, -0.2) is 32.8 Å². The Bertz CT molecular complexity index is 2050. The molecule has 250 valence electrons. The minimum absolute atomic E-state index is 0.189. The molecule has 0 unspecified atom stereocenters. The Morgan fingerprint density at radius 2 is 1.55 bits per heavy atom. The second kappa shape index (κ2) is 12.5. The summed E-state index contributed by atoms with van der Waals surface area (Å²) in [6, 6.07) is 30.5. The van der Waals surface area contributed by atoms with Crippen LogP contribution in [-0.2, 0) is 47.7 Å². The first-order valence-corrected chi connectivity index (χ1v) is 18.4. The number of nitrogens with zero attached hydrogens (tertiary/aromatic N) is 3. The average Bonchev–Trinajstić information content (AvgIpc) is 3.86. The van der Waals surface area contributed by atoms with Gasteiger partial charge in [0.15, 0.2) is 9.92 Å². The maximum absolute atomic E-state index is 15.9. The Hall–Kier alpha value is -4.96. The van der Waals surface area contributed by atoms with Crippen LogP contribution in [0.25, 0.3) is 0 Å². The molecule has 2 N–H and O–H groups in total. The number of halogens is 1. The summed E-state index contributed by atoms with van der Waals surface area (Å²) in [5.41, 5.74) is 5.53. The second-order valence-electron chi connectivity index (χ2n) is 13.3. The molecule has 1 aromatic heterocycles. The van der Waals surface area contributed by atoms with E-state index in [0.717, 1.165) is 58.2 Å². The van der Waals surface area contributed by atoms with Crippen molar-refractivity contribution in [3.63, 3.8) is 0 Å². The van der Waals surface area contributed by atoms with Crippen LogP contribution < -0.4 is 14.8 Å². The molecular weight excluding hydrogens is 638 g/mol. The number of amides is 2. The number of urea groups is 1. The summed E-state index contributed by atoms with van der Waals surface area (Å²) in [4.78, 5) is 14.5. The van der Waals surface area contributed by atoms with Crippen LogP contribution in [0.3, 0.4) is 0 Å². The standard InChI is InChI=1S/C39H38FN5O3S/c1-26-24-45-37(48-25-26)35(23-41-45)49(47,43-38(46)42-36-33-19-11-12-27(33)20-28-21-32(40)22-34(28)36)44-39(29-13-5-2-6-14-29,30-15-7-3-8-16-30)31-17-9-4-10-18-31/h2-10,13-18,20,23,26,32H,11-12,19,21-22,24-25H2,1H3,(H2,42,43,44,46,47)/t26-,32-,49-/m1/s1. The van der Waals surface area contributed by atoms with Gasteiger partial charge in [0, 0.05) is 24.4 Å². The third-order valence-electron chi connectivity index (χ3n) is 9.82. The largest absolute Gasteiger partial charge is 0.477 e. The third kappa shape index (κ3) is 5.57. The molecule has 2 heterocycles. The fourth-order valence-corrected chi connectivity index (χ4v) is 9.47. The van der Waals surface area contributed by atoms with Crippen molar-refractivity contribution in [1.29, 1.82) is 0 Å². The van der Waals surface area contributed by atoms with Gasteiger partial charge >= 0.3 is 6.03 Å². The van der Waals surface area contributed by atoms with Crippen LogP contribution in [0.2, 0.25) is 0 Å². The maximum Gasteiger partial charge on any atom is 0.331 e. The predicted octanol–water partition coefficient (Wildman–Crippen LogP) is 7.39. The molecule has 8 nitrogen and oxygen atoms in total. The third-order valence-corrected chi connectivity index (χ3v) is 11.7. The molecule has 3 atom stereocenters. The molecule has 4 aromatic carbocycles. The van der Waals surface area contributed by atoms with Crippen LogP contribution in [0.4, 0.5) is 14.9 Å². The van der Waals surface area contributed by atoms with Gasteiger partial charge in [0.05, 0.1) is 19.3 Å². The van der Waals surface area contributed by atoms with E-state index in [0.29, 0.717) is 31.1 Å². The Kier molecular flexibility index (Phi) is 7.98. The number of carbonyl (C=O) groups is 1. The normalized spacial score (nSPS) is 19.1. The number of carbonyl (C=O) groups excluding carboxylic acids is 1. The van der Waals surface area contributed by atoms with E-state index in [1.54, 1.807) is 4.68 Å². The summed E-state index contributed by atoms with van der Waals surface area (Å²) in [7, 11) is -3.86. The highest BCUT2D eigenvalue weighted by molar-refractivity contribution is 7.92. The molecule has 0 fully saturated rings. The number of hydrogen-bond acceptors (Lipinski definition) is 5. The minimum Gasteiger partial charge on any atom is -0.477 e. The zero-order chi connectivity index (χ0) is 33.6. The van der Waals surface area contributed by atoms with Crippen molar-refractivity contribution >= 4 is 21.6 Å². The van der Waals surface area contributed by atoms with Gasteiger partial charge in [-0.05, 0) is 58.2 Å². The molecule has 5 aromatic rings. The van der Waals surface area contributed by atoms with Crippen molar-refractivity contribution in [2.45, 2.75) is 62.2 Å². The number of alkyl halides is 1. The number of aryl methyl sites for hydroxylation is 1. The predicted molar refractivity (Wildman–Crippen MR) is 188 cm³/mol. The number of anilines is 1. The van der Waals surface area contributed by atoms with E-state index in [1.807, 2.05) is 91.0 Å². The molecule has 8 rings (SSSR count). The van der Waals surface area contributed by atoms with E-state index in [-0.39, 0.29) is 17.2 Å². The van der Waals surface area contributed by atoms with Crippen molar-refractivity contribution in [3.8, 4) is 5.88 Å². The van der Waals surface area contributed by atoms with Crippen LogP contribution in [0.1, 0.15) is 52.3 Å². The molecular formula is C39H38FN5O3S. The van der Waals surface area contributed by atoms with Crippen molar-refractivity contribution in [1.82, 2.24) is 14.5 Å². The smallest absolute Gasteiger partial charge is 0.331 e. The summed E-state index contributed by atoms with van der Waals surface area (Å²) in [5.74, 6) is 0.514. The van der Waals surface area contributed by atoms with Gasteiger partial charge < -0.3 is 10.1 Å². The topological polar surface area (TPSA) is 97.6 Å². The van der Waals surface area contributed by atoms with Gasteiger partial charge in [0.2, 0.25) is 5.88 Å². The number of aromatic nitrogens is 2. The first-order valence-electron chi connectivity index (χ1n) is 16.9. The van der Waals surface area contributed by atoms with Gasteiger partial charge in [-0.15, -0.1) is 0 Å². The zero-order valence-corrected chi connectivity index (χ0v) is 28.1. The molecule has 0 bridgehead atoms. The highest BCUT2D eigenvalue weighted by Crippen LogP contribution is 2.44. The number of fused-ring (bicyclic) bond motifs is 3. The summed E-state index contributed by atoms with van der Waals surface area (Å²) in [6.45, 7) is 3.04. The lowest BCUT2D eigenvalue weighted by Crippen LogP contribution is -2.38. The van der Waals surface area contributed by atoms with Gasteiger partial charge in [0.25, 0.3) is 0 Å². The Balaban J connectivity index is 1.34. The van der Waals surface area contributed by atoms with E-state index in [2.05, 4.69) is 28.1 Å². The Morgan fingerprint density at radius 3 is 2.18 bits per heavy atom. The van der Waals surface area contributed by atoms with Crippen LogP contribution in [0, 0.1) is 5.92 Å². The van der Waals surface area contributed by atoms with Gasteiger partial charge in [0.1, 0.15) is 16.6 Å². The Labute approximate surface area is 286 Å². The first-order chi connectivity index (χ1) is 23.8. The fraction of sp³-hybridized carbons (Fsp3) is 0.282. The molecule has 0 saturated carbocycles. The number of ether oxygens (including phenoxy) is 1. The maximum atomic E-state index is 15.9. The van der Waals surface area contributed by atoms with E-state index < -0.39 is 27.7 Å². The van der Waals surface area contributed by atoms with Crippen molar-refractivity contribution in [2.24, 2.45) is 10.3 Å². The van der Waals surface area contributed by atoms with E-state index in [4.69, 9.17) is 9.10 Å². The van der Waals surface area contributed by atoms with Gasteiger partial charge in [-0.3, -0.25) is 0 Å². The molecule has 49 heavy (non-hydrogen) atoms. The lowest BCUT2D eigenvalue weighted by atomic mass is 9.78. The summed E-state index contributed by atoms with van der Waals surface area (Å²) < 4.78 is 46.7. The lowest BCUT2D eigenvalue weighted by molar-refractivity contribution is 0.170. The molecule has 0 saturated heterocycles. The highest BCUT2D eigenvalue weighted by Gasteiger charge is 2.41. The second-order valence-corrected chi connectivity index (χ2v) is 15.2. The quantitative estimate of drug-likeness (QED) is 0.176. The molecule has 10 heteroatoms. The first kappa shape index (κ1) is 31.3. The van der Waals surface area contributed by atoms with Crippen molar-refractivity contribution in [3.05, 3.63) is 142 Å². The molecule has 3 aliphatic rings. The number of nitrogens with one attached hydrogen (secondary N) is 2. The minimum atomic E-state index is -3.86. The zero-order valence-electron chi connectivity index (χ0n) is 27.3. The van der Waals surface area contributed by atoms with Crippen molar-refractivity contribution < 1.29 is 18.1 Å². The Morgan fingerprint density at radius 1 is 0.918 bits per heavy atom. The molecule has 0 radical (unpaired) electrons.